The maximum absolute atomic E-state index is 10.8. The Morgan fingerprint density at radius 2 is 1.16 bits per heavy atom. The summed E-state index contributed by atoms with van der Waals surface area (Å²) in [6, 6.07) is 12.7. The van der Waals surface area contributed by atoms with Crippen LogP contribution in [0.25, 0.3) is 0 Å². The van der Waals surface area contributed by atoms with Crippen molar-refractivity contribution in [3.8, 4) is 0 Å². The molecule has 1 fully saturated rings. The van der Waals surface area contributed by atoms with Gasteiger partial charge in [0.05, 0.1) is 15.6 Å². The summed E-state index contributed by atoms with van der Waals surface area (Å²) in [7, 11) is 0. The minimum absolute atomic E-state index is 0.00633. The zero-order chi connectivity index (χ0) is 18.0. The third kappa shape index (κ3) is 3.32. The lowest BCUT2D eigenvalue weighted by Gasteiger charge is -2.19. The Labute approximate surface area is 142 Å². The predicted molar refractivity (Wildman–Crippen MR) is 90.1 cm³/mol. The van der Waals surface area contributed by atoms with Crippen LogP contribution in [-0.2, 0) is 0 Å². The van der Waals surface area contributed by atoms with Gasteiger partial charge in [-0.15, -0.1) is 0 Å². The van der Waals surface area contributed by atoms with Crippen LogP contribution in [0.4, 0.5) is 11.4 Å². The molecule has 2 atom stereocenters. The summed E-state index contributed by atoms with van der Waals surface area (Å²) < 4.78 is 0. The van der Waals surface area contributed by atoms with Gasteiger partial charge >= 0.3 is 0 Å². The Balaban J connectivity index is 1.92. The zero-order valence-electron chi connectivity index (χ0n) is 13.1. The number of rotatable bonds is 4. The van der Waals surface area contributed by atoms with Crippen LogP contribution in [0, 0.1) is 20.2 Å². The average Bonchev–Trinajstić information content (AvgIpc) is 3.06. The lowest BCUT2D eigenvalue weighted by atomic mass is 9.84. The number of nitro benzene ring substituents is 2. The summed E-state index contributed by atoms with van der Waals surface area (Å²) >= 11 is 0. The first kappa shape index (κ1) is 16.6. The number of nitro groups is 2. The number of oxime groups is 1. The molecule has 0 bridgehead atoms. The monoisotopic (exact) mass is 341 g/mol. The van der Waals surface area contributed by atoms with E-state index in [0.29, 0.717) is 18.6 Å². The van der Waals surface area contributed by atoms with E-state index in [9.17, 15) is 20.2 Å². The van der Waals surface area contributed by atoms with E-state index in [0.717, 1.165) is 11.1 Å². The zero-order valence-corrected chi connectivity index (χ0v) is 13.1. The molecule has 3 rings (SSSR count). The van der Waals surface area contributed by atoms with Crippen molar-refractivity contribution in [2.45, 2.75) is 24.7 Å². The Bertz CT molecular complexity index is 763. The molecular formula is C17H15N3O5. The summed E-state index contributed by atoms with van der Waals surface area (Å²) in [4.78, 5) is 20.7. The van der Waals surface area contributed by atoms with Crippen LogP contribution in [-0.4, -0.2) is 20.8 Å². The second-order valence-electron chi connectivity index (χ2n) is 5.98. The van der Waals surface area contributed by atoms with E-state index in [1.54, 1.807) is 24.3 Å². The third-order valence-corrected chi connectivity index (χ3v) is 4.60. The molecule has 1 aliphatic carbocycles. The molecule has 1 N–H and O–H groups in total. The first-order valence-corrected chi connectivity index (χ1v) is 7.68. The fourth-order valence-electron chi connectivity index (χ4n) is 3.34. The van der Waals surface area contributed by atoms with Gasteiger partial charge in [0.1, 0.15) is 0 Å². The first-order valence-electron chi connectivity index (χ1n) is 7.68. The van der Waals surface area contributed by atoms with Gasteiger partial charge in [-0.25, -0.2) is 0 Å². The molecule has 0 aliphatic heterocycles. The molecule has 0 radical (unpaired) electrons. The van der Waals surface area contributed by atoms with Gasteiger partial charge in [0, 0.05) is 24.3 Å². The quantitative estimate of drug-likeness (QED) is 0.512. The van der Waals surface area contributed by atoms with Crippen molar-refractivity contribution in [2.24, 2.45) is 5.16 Å². The molecule has 1 saturated carbocycles. The van der Waals surface area contributed by atoms with Gasteiger partial charge in [-0.3, -0.25) is 20.2 Å². The van der Waals surface area contributed by atoms with Gasteiger partial charge in [0.15, 0.2) is 0 Å². The largest absolute Gasteiger partial charge is 0.411 e. The van der Waals surface area contributed by atoms with Crippen LogP contribution in [0.3, 0.4) is 0 Å². The summed E-state index contributed by atoms with van der Waals surface area (Å²) in [6.45, 7) is 0. The van der Waals surface area contributed by atoms with Crippen LogP contribution >= 0.6 is 0 Å². The third-order valence-electron chi connectivity index (χ3n) is 4.60. The van der Waals surface area contributed by atoms with Crippen LogP contribution in [0.1, 0.15) is 35.8 Å². The van der Waals surface area contributed by atoms with E-state index in [1.165, 1.54) is 24.3 Å². The topological polar surface area (TPSA) is 119 Å². The molecule has 128 valence electrons. The highest BCUT2D eigenvalue weighted by Gasteiger charge is 2.34. The molecule has 0 amide bonds. The fourth-order valence-corrected chi connectivity index (χ4v) is 3.34. The number of nitrogens with zero attached hydrogens (tertiary/aromatic N) is 3. The van der Waals surface area contributed by atoms with Crippen molar-refractivity contribution in [1.29, 1.82) is 0 Å². The number of hydrogen-bond donors (Lipinski definition) is 1. The second kappa shape index (κ2) is 6.68. The molecule has 2 aromatic rings. The summed E-state index contributed by atoms with van der Waals surface area (Å²) in [5, 5.41) is 34.1. The standard InChI is InChI=1S/C17H15N3O5/c21-18-13-9-16(11-1-5-14(6-2-11)19(22)23)17(10-13)12-3-7-15(8-4-12)20(24)25/h1-8,16-17,21H,9-10H2. The average molecular weight is 341 g/mol. The first-order chi connectivity index (χ1) is 12.0. The molecule has 0 aromatic heterocycles. The minimum atomic E-state index is -0.452. The van der Waals surface area contributed by atoms with Crippen molar-refractivity contribution in [3.63, 3.8) is 0 Å². The fraction of sp³-hybridized carbons (Fsp3) is 0.235. The van der Waals surface area contributed by atoms with Crippen molar-refractivity contribution in [1.82, 2.24) is 0 Å². The maximum Gasteiger partial charge on any atom is 0.269 e. The van der Waals surface area contributed by atoms with Crippen molar-refractivity contribution in [3.05, 3.63) is 79.9 Å². The predicted octanol–water partition coefficient (Wildman–Crippen LogP) is 3.99. The van der Waals surface area contributed by atoms with E-state index >= 15 is 0 Å². The highest BCUT2D eigenvalue weighted by Crippen LogP contribution is 2.45. The van der Waals surface area contributed by atoms with E-state index in [4.69, 9.17) is 5.21 Å². The van der Waals surface area contributed by atoms with E-state index in [1.807, 2.05) is 0 Å². The van der Waals surface area contributed by atoms with Crippen molar-refractivity contribution < 1.29 is 15.1 Å². The lowest BCUT2D eigenvalue weighted by Crippen LogP contribution is -2.05. The van der Waals surface area contributed by atoms with Crippen molar-refractivity contribution >= 4 is 17.1 Å². The number of non-ortho nitro benzene ring substituents is 2. The van der Waals surface area contributed by atoms with Gasteiger partial charge in [-0.05, 0) is 35.8 Å². The van der Waals surface area contributed by atoms with E-state index < -0.39 is 9.85 Å². The van der Waals surface area contributed by atoms with Crippen LogP contribution in [0.5, 0.6) is 0 Å². The molecule has 25 heavy (non-hydrogen) atoms. The van der Waals surface area contributed by atoms with Crippen LogP contribution in [0.15, 0.2) is 53.7 Å². The second-order valence-corrected chi connectivity index (χ2v) is 5.98. The Morgan fingerprint density at radius 1 is 0.800 bits per heavy atom. The molecular weight excluding hydrogens is 326 g/mol. The lowest BCUT2D eigenvalue weighted by molar-refractivity contribution is -0.385. The summed E-state index contributed by atoms with van der Waals surface area (Å²) in [6.07, 6.45) is 1.08. The van der Waals surface area contributed by atoms with E-state index in [2.05, 4.69) is 5.16 Å². The Hall–Kier alpha value is -3.29. The summed E-state index contributed by atoms with van der Waals surface area (Å²) in [5.41, 5.74) is 2.50. The van der Waals surface area contributed by atoms with Gasteiger partial charge in [0.2, 0.25) is 0 Å². The van der Waals surface area contributed by atoms with Gasteiger partial charge in [-0.1, -0.05) is 29.4 Å². The highest BCUT2D eigenvalue weighted by atomic mass is 16.6. The van der Waals surface area contributed by atoms with Gasteiger partial charge in [0.25, 0.3) is 11.4 Å². The molecule has 0 heterocycles. The smallest absolute Gasteiger partial charge is 0.269 e. The minimum Gasteiger partial charge on any atom is -0.411 e. The maximum atomic E-state index is 10.8. The summed E-state index contributed by atoms with van der Waals surface area (Å²) in [5.74, 6) is -0.0127. The normalized spacial score (nSPS) is 19.6. The molecule has 0 spiro atoms. The number of benzene rings is 2. The van der Waals surface area contributed by atoms with Gasteiger partial charge < -0.3 is 5.21 Å². The number of hydrogen-bond acceptors (Lipinski definition) is 6. The highest BCUT2D eigenvalue weighted by molar-refractivity contribution is 5.88. The molecule has 0 saturated heterocycles. The SMILES string of the molecule is O=[N+]([O-])c1ccc(C2CC(=NO)CC2c2ccc([N+](=O)[O-])cc2)cc1. The molecule has 2 unspecified atom stereocenters. The van der Waals surface area contributed by atoms with E-state index in [-0.39, 0.29) is 23.2 Å². The van der Waals surface area contributed by atoms with Crippen LogP contribution in [0.2, 0.25) is 0 Å². The molecule has 8 nitrogen and oxygen atoms in total. The van der Waals surface area contributed by atoms with Crippen molar-refractivity contribution in [2.75, 3.05) is 0 Å². The van der Waals surface area contributed by atoms with Crippen LogP contribution < -0.4 is 0 Å². The Kier molecular flexibility index (Phi) is 4.42. The molecule has 1 aliphatic rings. The van der Waals surface area contributed by atoms with Gasteiger partial charge in [-0.2, -0.15) is 0 Å². The molecule has 8 heteroatoms. The molecule has 2 aromatic carbocycles. The Morgan fingerprint density at radius 3 is 1.44 bits per heavy atom.